The predicted molar refractivity (Wildman–Crippen MR) is 39.0 cm³/mol. The van der Waals surface area contributed by atoms with Crippen molar-refractivity contribution in [1.29, 1.82) is 0 Å². The van der Waals surface area contributed by atoms with Crippen LogP contribution in [-0.4, -0.2) is 27.8 Å². The van der Waals surface area contributed by atoms with Gasteiger partial charge in [-0.3, -0.25) is 4.79 Å². The zero-order valence-corrected chi connectivity index (χ0v) is 6.29. The van der Waals surface area contributed by atoms with Crippen LogP contribution in [0.25, 0.3) is 0 Å². The molecule has 1 aliphatic carbocycles. The van der Waals surface area contributed by atoms with Gasteiger partial charge in [-0.1, -0.05) is 12.8 Å². The van der Waals surface area contributed by atoms with Crippen LogP contribution >= 0.6 is 0 Å². The summed E-state index contributed by atoms with van der Waals surface area (Å²) in [6, 6.07) is 0. The molecule has 4 nitrogen and oxygen atoms in total. The smallest absolute Gasteiger partial charge is 0.326 e. The summed E-state index contributed by atoms with van der Waals surface area (Å²) in [4.78, 5) is 10.6. The molecule has 0 amide bonds. The third-order valence-electron chi connectivity index (χ3n) is 2.31. The van der Waals surface area contributed by atoms with Crippen molar-refractivity contribution in [3.63, 3.8) is 0 Å². The number of rotatable bonds is 1. The fourth-order valence-corrected chi connectivity index (χ4v) is 1.43. The number of carboxylic acids is 1. The van der Waals surface area contributed by atoms with E-state index in [2.05, 4.69) is 0 Å². The number of aliphatic hydroxyl groups excluding tert-OH is 1. The Balaban J connectivity index is 2.72. The minimum Gasteiger partial charge on any atom is -0.480 e. The monoisotopic (exact) mass is 159 g/mol. The van der Waals surface area contributed by atoms with Gasteiger partial charge in [-0.15, -0.1) is 0 Å². The van der Waals surface area contributed by atoms with E-state index in [-0.39, 0.29) is 0 Å². The van der Waals surface area contributed by atoms with Gasteiger partial charge in [-0.05, 0) is 12.8 Å². The zero-order chi connectivity index (χ0) is 8.48. The standard InChI is InChI=1S/C7H13NO3/c8-7(6(10)11)4-2-1-3-5(7)9/h5,9H,1-4,8H2,(H,10,11)/t5?,7-/m0/s1. The first-order valence-corrected chi connectivity index (χ1v) is 3.78. The molecule has 1 saturated carbocycles. The number of aliphatic hydroxyl groups is 1. The fourth-order valence-electron chi connectivity index (χ4n) is 1.43. The summed E-state index contributed by atoms with van der Waals surface area (Å²) < 4.78 is 0. The van der Waals surface area contributed by atoms with Crippen LogP contribution in [0.4, 0.5) is 0 Å². The topological polar surface area (TPSA) is 83.6 Å². The quantitative estimate of drug-likeness (QED) is 0.490. The number of carbonyl (C=O) groups is 1. The van der Waals surface area contributed by atoms with Crippen LogP contribution in [0.15, 0.2) is 0 Å². The molecule has 1 fully saturated rings. The number of hydrogen-bond donors (Lipinski definition) is 3. The lowest BCUT2D eigenvalue weighted by atomic mass is 9.80. The number of carboxylic acid groups (broad SMARTS) is 1. The fraction of sp³-hybridized carbons (Fsp3) is 0.857. The molecule has 0 spiro atoms. The Morgan fingerprint density at radius 2 is 2.18 bits per heavy atom. The minimum absolute atomic E-state index is 0.378. The van der Waals surface area contributed by atoms with E-state index in [4.69, 9.17) is 10.8 Å². The van der Waals surface area contributed by atoms with Crippen LogP contribution in [0.3, 0.4) is 0 Å². The molecule has 0 aromatic heterocycles. The van der Waals surface area contributed by atoms with Gasteiger partial charge in [-0.2, -0.15) is 0 Å². The van der Waals surface area contributed by atoms with Crippen molar-refractivity contribution in [2.24, 2.45) is 5.73 Å². The molecule has 11 heavy (non-hydrogen) atoms. The minimum atomic E-state index is -1.39. The van der Waals surface area contributed by atoms with Gasteiger partial charge < -0.3 is 15.9 Å². The maximum atomic E-state index is 10.6. The Bertz CT molecular complexity index is 171. The molecule has 4 heteroatoms. The molecule has 0 heterocycles. The van der Waals surface area contributed by atoms with E-state index in [1.165, 1.54) is 0 Å². The molecule has 0 bridgehead atoms. The Morgan fingerprint density at radius 3 is 2.55 bits per heavy atom. The summed E-state index contributed by atoms with van der Waals surface area (Å²) >= 11 is 0. The summed E-state index contributed by atoms with van der Waals surface area (Å²) in [5, 5.41) is 18.0. The van der Waals surface area contributed by atoms with Gasteiger partial charge in [0, 0.05) is 0 Å². The molecule has 1 aliphatic rings. The molecule has 0 aromatic rings. The zero-order valence-electron chi connectivity index (χ0n) is 6.29. The van der Waals surface area contributed by atoms with Gasteiger partial charge in [-0.25, -0.2) is 0 Å². The first-order chi connectivity index (χ1) is 5.07. The summed E-state index contributed by atoms with van der Waals surface area (Å²) in [6.07, 6.45) is 1.66. The SMILES string of the molecule is N[C@@]1(C(=O)O)CCCCC1O. The van der Waals surface area contributed by atoms with Gasteiger partial charge in [0.05, 0.1) is 6.10 Å². The van der Waals surface area contributed by atoms with Crippen molar-refractivity contribution in [2.75, 3.05) is 0 Å². The van der Waals surface area contributed by atoms with Gasteiger partial charge >= 0.3 is 5.97 Å². The van der Waals surface area contributed by atoms with Gasteiger partial charge in [0.2, 0.25) is 0 Å². The Morgan fingerprint density at radius 1 is 1.55 bits per heavy atom. The molecular formula is C7H13NO3. The Labute approximate surface area is 65.0 Å². The molecule has 0 aliphatic heterocycles. The van der Waals surface area contributed by atoms with E-state index in [0.717, 1.165) is 12.8 Å². The summed E-state index contributed by atoms with van der Waals surface area (Å²) in [5.41, 5.74) is 4.11. The average Bonchev–Trinajstić information content (AvgIpc) is 1.95. The van der Waals surface area contributed by atoms with Gasteiger partial charge in [0.1, 0.15) is 5.54 Å². The Kier molecular flexibility index (Phi) is 2.15. The van der Waals surface area contributed by atoms with E-state index in [9.17, 15) is 9.90 Å². The van der Waals surface area contributed by atoms with Gasteiger partial charge in [0.25, 0.3) is 0 Å². The third-order valence-corrected chi connectivity index (χ3v) is 2.31. The first-order valence-electron chi connectivity index (χ1n) is 3.78. The van der Waals surface area contributed by atoms with E-state index < -0.39 is 17.6 Å². The number of hydrogen-bond acceptors (Lipinski definition) is 3. The predicted octanol–water partition coefficient (Wildman–Crippen LogP) is -0.297. The molecule has 0 radical (unpaired) electrons. The Hall–Kier alpha value is -0.610. The molecule has 4 N–H and O–H groups in total. The van der Waals surface area contributed by atoms with E-state index >= 15 is 0 Å². The molecule has 0 saturated heterocycles. The highest BCUT2D eigenvalue weighted by molar-refractivity contribution is 5.79. The van der Waals surface area contributed by atoms with Crippen LogP contribution in [0.2, 0.25) is 0 Å². The number of aliphatic carboxylic acids is 1. The highest BCUT2D eigenvalue weighted by Crippen LogP contribution is 2.26. The third kappa shape index (κ3) is 1.36. The molecular weight excluding hydrogens is 146 g/mol. The average molecular weight is 159 g/mol. The van der Waals surface area contributed by atoms with Crippen LogP contribution in [0.1, 0.15) is 25.7 Å². The molecule has 2 atom stereocenters. The summed E-state index contributed by atoms with van der Waals surface area (Å²) in [5.74, 6) is -1.09. The van der Waals surface area contributed by atoms with Crippen molar-refractivity contribution in [1.82, 2.24) is 0 Å². The van der Waals surface area contributed by atoms with Crippen molar-refractivity contribution >= 4 is 5.97 Å². The second-order valence-corrected chi connectivity index (χ2v) is 3.11. The van der Waals surface area contributed by atoms with Crippen LogP contribution in [0, 0.1) is 0 Å². The first kappa shape index (κ1) is 8.49. The second kappa shape index (κ2) is 2.79. The van der Waals surface area contributed by atoms with Crippen LogP contribution in [-0.2, 0) is 4.79 Å². The van der Waals surface area contributed by atoms with E-state index in [1.807, 2.05) is 0 Å². The van der Waals surface area contributed by atoms with Crippen molar-refractivity contribution in [3.05, 3.63) is 0 Å². The lowest BCUT2D eigenvalue weighted by Gasteiger charge is -2.33. The summed E-state index contributed by atoms with van der Waals surface area (Å²) in [7, 11) is 0. The molecule has 0 aromatic carbocycles. The summed E-state index contributed by atoms with van der Waals surface area (Å²) in [6.45, 7) is 0. The molecule has 1 rings (SSSR count). The maximum absolute atomic E-state index is 10.6. The van der Waals surface area contributed by atoms with Crippen LogP contribution < -0.4 is 5.73 Å². The van der Waals surface area contributed by atoms with Crippen molar-refractivity contribution < 1.29 is 15.0 Å². The number of nitrogens with two attached hydrogens (primary N) is 1. The van der Waals surface area contributed by atoms with E-state index in [0.29, 0.717) is 12.8 Å². The molecule has 1 unspecified atom stereocenters. The van der Waals surface area contributed by atoms with E-state index in [1.54, 1.807) is 0 Å². The largest absolute Gasteiger partial charge is 0.480 e. The van der Waals surface area contributed by atoms with Crippen LogP contribution in [0.5, 0.6) is 0 Å². The lowest BCUT2D eigenvalue weighted by Crippen LogP contribution is -2.58. The van der Waals surface area contributed by atoms with Crippen molar-refractivity contribution in [3.8, 4) is 0 Å². The maximum Gasteiger partial charge on any atom is 0.326 e. The highest BCUT2D eigenvalue weighted by Gasteiger charge is 2.42. The normalized spacial score (nSPS) is 38.5. The second-order valence-electron chi connectivity index (χ2n) is 3.11. The van der Waals surface area contributed by atoms with Gasteiger partial charge in [0.15, 0.2) is 0 Å². The highest BCUT2D eigenvalue weighted by atomic mass is 16.4. The van der Waals surface area contributed by atoms with Crippen molar-refractivity contribution in [2.45, 2.75) is 37.3 Å². The molecule has 64 valence electrons. The lowest BCUT2D eigenvalue weighted by molar-refractivity contribution is -0.150.